The van der Waals surface area contributed by atoms with Crippen LogP contribution in [0.15, 0.2) is 48.7 Å². The van der Waals surface area contributed by atoms with E-state index in [-0.39, 0.29) is 18.7 Å². The van der Waals surface area contributed by atoms with Gasteiger partial charge in [-0.15, -0.1) is 0 Å². The summed E-state index contributed by atoms with van der Waals surface area (Å²) >= 11 is 5.78. The number of methoxy groups -OCH3 is 1. The van der Waals surface area contributed by atoms with Gasteiger partial charge in [0, 0.05) is 23.4 Å². The smallest absolute Gasteiger partial charge is 0.418 e. The average molecular weight is 661 g/mol. The Morgan fingerprint density at radius 2 is 1.83 bits per heavy atom. The van der Waals surface area contributed by atoms with Crippen molar-refractivity contribution in [1.82, 2.24) is 9.88 Å². The molecule has 242 valence electrons. The van der Waals surface area contributed by atoms with Gasteiger partial charge in [-0.3, -0.25) is 29.1 Å². The Balaban J connectivity index is 1.52. The number of hydrogen-bond donors (Lipinski definition) is 1. The van der Waals surface area contributed by atoms with Gasteiger partial charge in [0.25, 0.3) is 0 Å². The fourth-order valence-electron chi connectivity index (χ4n) is 5.72. The number of hydrogen-bond acceptors (Lipinski definition) is 6. The van der Waals surface area contributed by atoms with Crippen LogP contribution in [0.1, 0.15) is 49.0 Å². The van der Waals surface area contributed by atoms with E-state index in [1.54, 1.807) is 37.3 Å². The number of anilines is 2. The molecule has 0 spiro atoms. The Kier molecular flexibility index (Phi) is 9.34. The molecule has 2 aliphatic rings. The van der Waals surface area contributed by atoms with Crippen molar-refractivity contribution >= 4 is 46.7 Å². The molecule has 3 aromatic rings. The summed E-state index contributed by atoms with van der Waals surface area (Å²) in [6.07, 6.45) is -2.38. The third-order valence-corrected chi connectivity index (χ3v) is 8.45. The summed E-state index contributed by atoms with van der Waals surface area (Å²) in [6.45, 7) is 0.263. The molecule has 3 heterocycles. The Labute approximate surface area is 266 Å². The first kappa shape index (κ1) is 32.9. The summed E-state index contributed by atoms with van der Waals surface area (Å²) in [6, 6.07) is 9.10. The Morgan fingerprint density at radius 1 is 1.07 bits per heavy atom. The van der Waals surface area contributed by atoms with Gasteiger partial charge >= 0.3 is 12.1 Å². The lowest BCUT2D eigenvalue weighted by atomic mass is 9.93. The highest BCUT2D eigenvalue weighted by Crippen LogP contribution is 2.42. The van der Waals surface area contributed by atoms with Gasteiger partial charge in [0.05, 0.1) is 41.5 Å². The monoisotopic (exact) mass is 660 g/mol. The number of aromatic nitrogens is 1. The van der Waals surface area contributed by atoms with Gasteiger partial charge < -0.3 is 15.0 Å². The van der Waals surface area contributed by atoms with Crippen LogP contribution < -0.4 is 10.2 Å². The molecule has 1 saturated heterocycles. The van der Waals surface area contributed by atoms with E-state index in [9.17, 15) is 32.3 Å². The molecule has 14 heteroatoms. The molecule has 1 aromatic heterocycles. The van der Waals surface area contributed by atoms with E-state index >= 15 is 4.39 Å². The van der Waals surface area contributed by atoms with Crippen LogP contribution in [0, 0.1) is 11.7 Å². The number of nitrogens with one attached hydrogen (secondary N) is 1. The zero-order chi connectivity index (χ0) is 33.3. The van der Waals surface area contributed by atoms with Crippen LogP contribution in [0.4, 0.5) is 28.9 Å². The molecule has 2 aliphatic heterocycles. The molecule has 0 radical (unpaired) electrons. The van der Waals surface area contributed by atoms with Crippen LogP contribution >= 0.6 is 11.6 Å². The number of amides is 3. The van der Waals surface area contributed by atoms with Gasteiger partial charge in [0.2, 0.25) is 17.7 Å². The fourth-order valence-corrected chi connectivity index (χ4v) is 5.87. The number of ether oxygens (including phenoxy) is 1. The lowest BCUT2D eigenvalue weighted by Crippen LogP contribution is -2.55. The highest BCUT2D eigenvalue weighted by Gasteiger charge is 2.43. The maximum Gasteiger partial charge on any atom is 0.418 e. The second-order valence-corrected chi connectivity index (χ2v) is 11.6. The molecule has 0 saturated carbocycles. The number of fused-ring (bicyclic) bond motifs is 4. The van der Waals surface area contributed by atoms with Crippen molar-refractivity contribution in [1.29, 1.82) is 0 Å². The Hall–Kier alpha value is -4.52. The fraction of sp³-hybridized carbons (Fsp3) is 0.344. The summed E-state index contributed by atoms with van der Waals surface area (Å²) in [5.41, 5.74) is 0.198. The number of carbonyl (C=O) groups excluding carboxylic acids is 4. The number of rotatable bonds is 4. The van der Waals surface area contributed by atoms with Crippen LogP contribution in [0.5, 0.6) is 0 Å². The van der Waals surface area contributed by atoms with Gasteiger partial charge in [-0.1, -0.05) is 37.1 Å². The van der Waals surface area contributed by atoms with Crippen LogP contribution in [-0.4, -0.2) is 53.8 Å². The number of piperazine rings is 1. The number of halogens is 5. The van der Waals surface area contributed by atoms with Gasteiger partial charge in [-0.05, 0) is 54.3 Å². The molecule has 2 aromatic carbocycles. The van der Waals surface area contributed by atoms with E-state index < -0.39 is 71.1 Å². The van der Waals surface area contributed by atoms with Crippen LogP contribution in [0.2, 0.25) is 5.02 Å². The number of carbonyl (C=O) groups is 4. The minimum atomic E-state index is -5.02. The molecule has 1 N–H and O–H groups in total. The predicted molar refractivity (Wildman–Crippen MR) is 160 cm³/mol. The maximum absolute atomic E-state index is 15.0. The quantitative estimate of drug-likeness (QED) is 0.274. The molecular weight excluding hydrogens is 632 g/mol. The van der Waals surface area contributed by atoms with E-state index in [4.69, 9.17) is 16.3 Å². The topological polar surface area (TPSA) is 109 Å². The van der Waals surface area contributed by atoms with E-state index in [0.717, 1.165) is 6.07 Å². The highest BCUT2D eigenvalue weighted by atomic mass is 35.5. The summed E-state index contributed by atoms with van der Waals surface area (Å²) < 4.78 is 61.2. The first-order valence-corrected chi connectivity index (χ1v) is 14.8. The van der Waals surface area contributed by atoms with Crippen LogP contribution in [-0.2, 0) is 36.5 Å². The lowest BCUT2D eigenvalue weighted by Gasteiger charge is -2.39. The van der Waals surface area contributed by atoms with E-state index in [2.05, 4.69) is 10.3 Å². The SMILES string of the molecule is COC(=O)Cc1ccc2c(c1)NC(=O)[C@H](C)CCC[C@H](N1CC(=O)N(c3c(C(F)(F)F)ccc(Cl)c3F)CC1=O)c1cc-2ccn1. The summed E-state index contributed by atoms with van der Waals surface area (Å²) in [4.78, 5) is 58.2. The summed E-state index contributed by atoms with van der Waals surface area (Å²) in [5, 5.41) is 2.33. The number of benzene rings is 2. The van der Waals surface area contributed by atoms with E-state index in [1.165, 1.54) is 18.2 Å². The first-order valence-electron chi connectivity index (χ1n) is 14.4. The number of nitrogens with zero attached hydrogens (tertiary/aromatic N) is 3. The van der Waals surface area contributed by atoms with E-state index in [0.29, 0.717) is 51.9 Å². The molecular formula is C32H29ClF4N4O5. The second kappa shape index (κ2) is 13.1. The zero-order valence-corrected chi connectivity index (χ0v) is 25.5. The molecule has 2 bridgehead atoms. The van der Waals surface area contributed by atoms with E-state index in [1.807, 2.05) is 0 Å². The summed E-state index contributed by atoms with van der Waals surface area (Å²) in [5.74, 6) is -4.25. The molecule has 9 nitrogen and oxygen atoms in total. The Bertz CT molecular complexity index is 1720. The van der Waals surface area contributed by atoms with Gasteiger partial charge in [-0.25, -0.2) is 4.39 Å². The van der Waals surface area contributed by atoms with Gasteiger partial charge in [-0.2, -0.15) is 13.2 Å². The number of alkyl halides is 3. The minimum Gasteiger partial charge on any atom is -0.469 e. The standard InChI is InChI=1S/C32H29ClF4N4O5/c1-17-4-3-5-25(40-15-27(43)41(16-26(40)42)30-21(32(35,36)37)8-9-22(33)29(30)34)24-14-19(10-11-38-24)20-7-6-18(13-28(44)46-2)12-23(20)39-31(17)45/h6-12,14,17,25H,3-5,13,15-16H2,1-2H3,(H,39,45)/t17-,25+/m1/s1. The summed E-state index contributed by atoms with van der Waals surface area (Å²) in [7, 11) is 1.28. The van der Waals surface area contributed by atoms with Crippen molar-refractivity contribution in [3.05, 3.63) is 76.3 Å². The molecule has 0 unspecified atom stereocenters. The molecule has 5 rings (SSSR count). The Morgan fingerprint density at radius 3 is 2.54 bits per heavy atom. The molecule has 0 aliphatic carbocycles. The first-order chi connectivity index (χ1) is 21.8. The predicted octanol–water partition coefficient (Wildman–Crippen LogP) is 5.95. The van der Waals surface area contributed by atoms with Gasteiger partial charge in [0.1, 0.15) is 13.1 Å². The second-order valence-electron chi connectivity index (χ2n) is 11.2. The van der Waals surface area contributed by atoms with Crippen molar-refractivity contribution < 1.29 is 41.5 Å². The molecule has 3 amide bonds. The normalized spacial score (nSPS) is 19.2. The molecule has 2 atom stereocenters. The van der Waals surface area contributed by atoms with Crippen LogP contribution in [0.25, 0.3) is 11.1 Å². The van der Waals surface area contributed by atoms with Crippen molar-refractivity contribution in [3.8, 4) is 11.1 Å². The van der Waals surface area contributed by atoms with Crippen LogP contribution in [0.3, 0.4) is 0 Å². The van der Waals surface area contributed by atoms with Gasteiger partial charge in [0.15, 0.2) is 5.82 Å². The zero-order valence-electron chi connectivity index (χ0n) is 24.8. The third kappa shape index (κ3) is 6.69. The molecule has 1 fully saturated rings. The van der Waals surface area contributed by atoms with Crippen molar-refractivity contribution in [3.63, 3.8) is 0 Å². The number of pyridine rings is 1. The molecule has 46 heavy (non-hydrogen) atoms. The lowest BCUT2D eigenvalue weighted by molar-refractivity contribution is -0.142. The highest BCUT2D eigenvalue weighted by molar-refractivity contribution is 6.31. The maximum atomic E-state index is 15.0. The van der Waals surface area contributed by atoms with Crippen molar-refractivity contribution in [2.75, 3.05) is 30.4 Å². The number of esters is 1. The largest absolute Gasteiger partial charge is 0.469 e. The van der Waals surface area contributed by atoms with Crippen molar-refractivity contribution in [2.24, 2.45) is 5.92 Å². The van der Waals surface area contributed by atoms with Crippen molar-refractivity contribution in [2.45, 2.75) is 44.8 Å². The minimum absolute atomic E-state index is 0.00938. The average Bonchev–Trinajstić information content (AvgIpc) is 3.01. The third-order valence-electron chi connectivity index (χ3n) is 8.15.